The first kappa shape index (κ1) is 13.7. The molecule has 1 aliphatic carbocycles. The lowest BCUT2D eigenvalue weighted by molar-refractivity contribution is 0.0927. The van der Waals surface area contributed by atoms with Crippen molar-refractivity contribution in [2.24, 2.45) is 0 Å². The summed E-state index contributed by atoms with van der Waals surface area (Å²) in [5.74, 6) is -0.0667. The first-order valence-corrected chi connectivity index (χ1v) is 7.22. The van der Waals surface area contributed by atoms with Crippen molar-refractivity contribution < 1.29 is 9.90 Å². The molecule has 1 amide bonds. The van der Waals surface area contributed by atoms with Crippen LogP contribution in [0.5, 0.6) is 5.75 Å². The summed E-state index contributed by atoms with van der Waals surface area (Å²) in [4.78, 5) is 12.0. The average molecular weight is 333 g/mol. The molecule has 1 fully saturated rings. The van der Waals surface area contributed by atoms with E-state index in [-0.39, 0.29) is 23.1 Å². The molecule has 0 saturated heterocycles. The number of phenols is 1. The highest BCUT2D eigenvalue weighted by Gasteiger charge is 2.21. The van der Waals surface area contributed by atoms with Crippen molar-refractivity contribution in [1.29, 1.82) is 0 Å². The minimum atomic E-state index is -0.143. The molecule has 1 aliphatic rings. The topological polar surface area (TPSA) is 49.3 Å². The van der Waals surface area contributed by atoms with Gasteiger partial charge in [0.05, 0.1) is 4.47 Å². The summed E-state index contributed by atoms with van der Waals surface area (Å²) in [6, 6.07) is 5.01. The van der Waals surface area contributed by atoms with Crippen LogP contribution < -0.4 is 5.32 Å². The molecular formula is C13H15BrClNO2. The monoisotopic (exact) mass is 331 g/mol. The smallest absolute Gasteiger partial charge is 0.251 e. The van der Waals surface area contributed by atoms with Crippen molar-refractivity contribution in [2.75, 3.05) is 0 Å². The highest BCUT2D eigenvalue weighted by atomic mass is 79.9. The molecule has 18 heavy (non-hydrogen) atoms. The maximum Gasteiger partial charge on any atom is 0.251 e. The fraction of sp³-hybridized carbons (Fsp3) is 0.462. The summed E-state index contributed by atoms with van der Waals surface area (Å²) in [5.41, 5.74) is 0.476. The number of benzene rings is 1. The van der Waals surface area contributed by atoms with Crippen molar-refractivity contribution in [3.05, 3.63) is 28.2 Å². The third-order valence-corrected chi connectivity index (χ3v) is 4.31. The lowest BCUT2D eigenvalue weighted by Crippen LogP contribution is -2.37. The lowest BCUT2D eigenvalue weighted by Gasteiger charge is -2.25. The Hall–Kier alpha value is -0.740. The fourth-order valence-corrected chi connectivity index (χ4v) is 2.62. The van der Waals surface area contributed by atoms with Gasteiger partial charge < -0.3 is 10.4 Å². The molecule has 2 N–H and O–H groups in total. The number of hydrogen-bond donors (Lipinski definition) is 2. The largest absolute Gasteiger partial charge is 0.507 e. The Labute approximate surface area is 120 Å². The Bertz CT molecular complexity index is 445. The number of halogens is 2. The van der Waals surface area contributed by atoms with E-state index in [1.54, 1.807) is 12.1 Å². The Morgan fingerprint density at radius 3 is 2.61 bits per heavy atom. The maximum absolute atomic E-state index is 12.0. The van der Waals surface area contributed by atoms with Crippen LogP contribution in [0.4, 0.5) is 0 Å². The second kappa shape index (κ2) is 5.93. The summed E-state index contributed by atoms with van der Waals surface area (Å²) in [6.45, 7) is 0. The van der Waals surface area contributed by atoms with Crippen LogP contribution in [-0.2, 0) is 0 Å². The Morgan fingerprint density at radius 1 is 1.33 bits per heavy atom. The summed E-state index contributed by atoms with van der Waals surface area (Å²) in [6.07, 6.45) is 3.72. The quantitative estimate of drug-likeness (QED) is 0.815. The number of aromatic hydroxyl groups is 1. The minimum Gasteiger partial charge on any atom is -0.507 e. The van der Waals surface area contributed by atoms with E-state index in [2.05, 4.69) is 21.2 Å². The Balaban J connectivity index is 1.97. The van der Waals surface area contributed by atoms with Crippen LogP contribution >= 0.6 is 27.5 Å². The summed E-state index contributed by atoms with van der Waals surface area (Å²) in [7, 11) is 0. The number of nitrogens with one attached hydrogen (secondary N) is 1. The molecular weight excluding hydrogens is 318 g/mol. The lowest BCUT2D eigenvalue weighted by atomic mass is 9.95. The molecule has 0 aliphatic heterocycles. The van der Waals surface area contributed by atoms with E-state index < -0.39 is 0 Å². The van der Waals surface area contributed by atoms with Crippen LogP contribution in [0.25, 0.3) is 0 Å². The molecule has 0 aromatic heterocycles. The predicted molar refractivity (Wildman–Crippen MR) is 75.2 cm³/mol. The summed E-state index contributed by atoms with van der Waals surface area (Å²) < 4.78 is 0.585. The van der Waals surface area contributed by atoms with Crippen LogP contribution in [0.15, 0.2) is 22.7 Å². The second-order valence-electron chi connectivity index (χ2n) is 4.59. The molecule has 1 aromatic rings. The van der Waals surface area contributed by atoms with Crippen LogP contribution in [0.3, 0.4) is 0 Å². The van der Waals surface area contributed by atoms with E-state index in [0.717, 1.165) is 25.7 Å². The molecule has 0 unspecified atom stereocenters. The molecule has 1 aromatic carbocycles. The third-order valence-electron chi connectivity index (χ3n) is 3.20. The molecule has 0 heterocycles. The number of phenolic OH excluding ortho intramolecular Hbond substituents is 1. The van der Waals surface area contributed by atoms with Gasteiger partial charge in [0.25, 0.3) is 5.91 Å². The zero-order valence-corrected chi connectivity index (χ0v) is 12.2. The second-order valence-corrected chi connectivity index (χ2v) is 6.06. The minimum absolute atomic E-state index is 0.0760. The van der Waals surface area contributed by atoms with Crippen molar-refractivity contribution in [3.8, 4) is 5.75 Å². The number of alkyl halides is 1. The van der Waals surface area contributed by atoms with Gasteiger partial charge in [-0.3, -0.25) is 4.79 Å². The molecule has 0 bridgehead atoms. The zero-order valence-electron chi connectivity index (χ0n) is 9.83. The molecule has 0 atom stereocenters. The number of hydrogen-bond acceptors (Lipinski definition) is 2. The SMILES string of the molecule is O=C(NC1CCC(Cl)CC1)c1ccc(Br)c(O)c1. The molecule has 0 spiro atoms. The number of carbonyl (C=O) groups excluding carboxylic acids is 1. The highest BCUT2D eigenvalue weighted by Crippen LogP contribution is 2.25. The fourth-order valence-electron chi connectivity index (χ4n) is 2.12. The van der Waals surface area contributed by atoms with Gasteiger partial charge in [0, 0.05) is 17.0 Å². The Morgan fingerprint density at radius 2 is 2.00 bits per heavy atom. The van der Waals surface area contributed by atoms with Crippen LogP contribution in [0.2, 0.25) is 0 Å². The molecule has 3 nitrogen and oxygen atoms in total. The molecule has 0 radical (unpaired) electrons. The molecule has 2 rings (SSSR count). The summed E-state index contributed by atoms with van der Waals surface area (Å²) in [5, 5.41) is 12.8. The van der Waals surface area contributed by atoms with Gasteiger partial charge >= 0.3 is 0 Å². The van der Waals surface area contributed by atoms with Gasteiger partial charge in [-0.25, -0.2) is 0 Å². The van der Waals surface area contributed by atoms with E-state index >= 15 is 0 Å². The highest BCUT2D eigenvalue weighted by molar-refractivity contribution is 9.10. The van der Waals surface area contributed by atoms with E-state index in [1.165, 1.54) is 6.07 Å². The van der Waals surface area contributed by atoms with Gasteiger partial charge in [0.15, 0.2) is 0 Å². The first-order valence-electron chi connectivity index (χ1n) is 5.99. The van der Waals surface area contributed by atoms with Gasteiger partial charge in [-0.15, -0.1) is 11.6 Å². The van der Waals surface area contributed by atoms with Crippen LogP contribution in [-0.4, -0.2) is 22.4 Å². The van der Waals surface area contributed by atoms with Crippen LogP contribution in [0, 0.1) is 0 Å². The van der Waals surface area contributed by atoms with Crippen LogP contribution in [0.1, 0.15) is 36.0 Å². The Kier molecular flexibility index (Phi) is 4.51. The van der Waals surface area contributed by atoms with E-state index in [0.29, 0.717) is 10.0 Å². The van der Waals surface area contributed by atoms with Gasteiger partial charge in [0.1, 0.15) is 5.75 Å². The third kappa shape index (κ3) is 3.39. The molecule has 98 valence electrons. The van der Waals surface area contributed by atoms with Gasteiger partial charge in [-0.05, 0) is 59.8 Å². The van der Waals surface area contributed by atoms with Gasteiger partial charge in [-0.1, -0.05) is 0 Å². The average Bonchev–Trinajstić information content (AvgIpc) is 2.35. The predicted octanol–water partition coefficient (Wildman–Crippen LogP) is 3.43. The first-order chi connectivity index (χ1) is 8.56. The molecule has 1 saturated carbocycles. The van der Waals surface area contributed by atoms with Crippen molar-refractivity contribution in [3.63, 3.8) is 0 Å². The maximum atomic E-state index is 12.0. The standard InChI is InChI=1S/C13H15BrClNO2/c14-11-6-1-8(7-12(11)17)13(18)16-10-4-2-9(15)3-5-10/h1,6-7,9-10,17H,2-5H2,(H,16,18). The van der Waals surface area contributed by atoms with E-state index in [4.69, 9.17) is 11.6 Å². The number of rotatable bonds is 2. The number of carbonyl (C=O) groups is 1. The van der Waals surface area contributed by atoms with E-state index in [1.807, 2.05) is 0 Å². The van der Waals surface area contributed by atoms with Crippen molar-refractivity contribution in [2.45, 2.75) is 37.1 Å². The van der Waals surface area contributed by atoms with Gasteiger partial charge in [-0.2, -0.15) is 0 Å². The normalized spacial score (nSPS) is 23.7. The van der Waals surface area contributed by atoms with Crippen molar-refractivity contribution >= 4 is 33.4 Å². The van der Waals surface area contributed by atoms with Crippen molar-refractivity contribution in [1.82, 2.24) is 5.32 Å². The molecule has 5 heteroatoms. The number of amides is 1. The summed E-state index contributed by atoms with van der Waals surface area (Å²) >= 11 is 9.21. The van der Waals surface area contributed by atoms with Gasteiger partial charge in [0.2, 0.25) is 0 Å². The zero-order chi connectivity index (χ0) is 13.1. The van der Waals surface area contributed by atoms with E-state index in [9.17, 15) is 9.90 Å².